The Balaban J connectivity index is 1.62. The molecule has 2 aromatic rings. The molecule has 1 saturated heterocycles. The van der Waals surface area contributed by atoms with Crippen LogP contribution in [0.4, 0.5) is 5.69 Å². The fourth-order valence-corrected chi connectivity index (χ4v) is 3.80. The van der Waals surface area contributed by atoms with Crippen molar-refractivity contribution in [1.82, 2.24) is 10.2 Å². The molecule has 144 valence electrons. The highest BCUT2D eigenvalue weighted by Gasteiger charge is 2.31. The first kappa shape index (κ1) is 18.2. The molecule has 0 aliphatic carbocycles. The number of carbonyl (C=O) groups excluding carboxylic acids is 3. The topological polar surface area (TPSA) is 87.7 Å². The number of methoxy groups -OCH3 is 1. The Hall–Kier alpha value is -3.19. The van der Waals surface area contributed by atoms with Gasteiger partial charge in [-0.15, -0.1) is 0 Å². The Kier molecular flexibility index (Phi) is 4.83. The fourth-order valence-electron chi connectivity index (χ4n) is 3.80. The van der Waals surface area contributed by atoms with Crippen molar-refractivity contribution in [2.45, 2.75) is 18.9 Å². The van der Waals surface area contributed by atoms with Crippen molar-refractivity contribution in [2.24, 2.45) is 0 Å². The third-order valence-electron chi connectivity index (χ3n) is 5.17. The average Bonchev–Trinajstić information content (AvgIpc) is 3.31. The molecule has 1 fully saturated rings. The van der Waals surface area contributed by atoms with Crippen LogP contribution in [0.3, 0.4) is 0 Å². The lowest BCUT2D eigenvalue weighted by molar-refractivity contribution is -0.121. The maximum Gasteiger partial charge on any atom is 0.259 e. The van der Waals surface area contributed by atoms with Gasteiger partial charge in [-0.25, -0.2) is 0 Å². The molecular weight excluding hydrogens is 358 g/mol. The standard InChI is InChI=1S/C21H21N3O4/c1-28-15-6-4-5-13(11-15)18(24-9-2-3-10-24)21(27)22-14-7-8-16-17(12-14)20(26)23-19(16)25/h4-8,11-12,18H,2-3,9-10H2,1H3,(H,22,27)(H,23,25,26). The van der Waals surface area contributed by atoms with Gasteiger partial charge in [0.15, 0.2) is 0 Å². The Morgan fingerprint density at radius 1 is 1.07 bits per heavy atom. The van der Waals surface area contributed by atoms with Crippen LogP contribution in [0.2, 0.25) is 0 Å². The van der Waals surface area contributed by atoms with E-state index in [1.165, 1.54) is 0 Å². The molecule has 2 aliphatic rings. The van der Waals surface area contributed by atoms with Crippen LogP contribution in [0.1, 0.15) is 45.2 Å². The zero-order valence-corrected chi connectivity index (χ0v) is 15.5. The molecule has 7 heteroatoms. The monoisotopic (exact) mass is 379 g/mol. The summed E-state index contributed by atoms with van der Waals surface area (Å²) in [5, 5.41) is 5.16. The normalized spacial score (nSPS) is 17.2. The number of nitrogens with one attached hydrogen (secondary N) is 2. The van der Waals surface area contributed by atoms with Crippen LogP contribution in [0.5, 0.6) is 5.75 Å². The van der Waals surface area contributed by atoms with Crippen molar-refractivity contribution in [3.05, 3.63) is 59.2 Å². The summed E-state index contributed by atoms with van der Waals surface area (Å²) < 4.78 is 5.31. The lowest BCUT2D eigenvalue weighted by Crippen LogP contribution is -2.35. The Morgan fingerprint density at radius 2 is 1.82 bits per heavy atom. The third-order valence-corrected chi connectivity index (χ3v) is 5.17. The van der Waals surface area contributed by atoms with Crippen molar-refractivity contribution in [3.8, 4) is 5.75 Å². The van der Waals surface area contributed by atoms with Gasteiger partial charge in [0.2, 0.25) is 5.91 Å². The SMILES string of the molecule is COc1cccc(C(C(=O)Nc2ccc3c(c2)C(=O)NC3=O)N2CCCC2)c1. The van der Waals surface area contributed by atoms with Crippen LogP contribution in [0.25, 0.3) is 0 Å². The third kappa shape index (κ3) is 3.36. The van der Waals surface area contributed by atoms with E-state index in [0.29, 0.717) is 17.0 Å². The van der Waals surface area contributed by atoms with Crippen molar-refractivity contribution >= 4 is 23.4 Å². The Morgan fingerprint density at radius 3 is 2.57 bits per heavy atom. The molecule has 0 radical (unpaired) electrons. The second-order valence-electron chi connectivity index (χ2n) is 6.96. The summed E-state index contributed by atoms with van der Waals surface area (Å²) in [6, 6.07) is 11.8. The van der Waals surface area contributed by atoms with Crippen LogP contribution in [0.15, 0.2) is 42.5 Å². The summed E-state index contributed by atoms with van der Waals surface area (Å²) in [6.07, 6.45) is 2.10. The van der Waals surface area contributed by atoms with E-state index in [9.17, 15) is 14.4 Å². The van der Waals surface area contributed by atoms with Gasteiger partial charge in [-0.3, -0.25) is 24.6 Å². The zero-order chi connectivity index (χ0) is 19.7. The predicted molar refractivity (Wildman–Crippen MR) is 103 cm³/mol. The number of imide groups is 1. The van der Waals surface area contributed by atoms with Gasteiger partial charge in [-0.2, -0.15) is 0 Å². The first-order valence-electron chi connectivity index (χ1n) is 9.25. The lowest BCUT2D eigenvalue weighted by atomic mass is 10.0. The number of amides is 3. The van der Waals surface area contributed by atoms with Crippen molar-refractivity contribution in [2.75, 3.05) is 25.5 Å². The number of ether oxygens (including phenoxy) is 1. The Bertz CT molecular complexity index is 950. The number of likely N-dealkylation sites (tertiary alicyclic amines) is 1. The van der Waals surface area contributed by atoms with E-state index in [4.69, 9.17) is 4.74 Å². The maximum atomic E-state index is 13.2. The number of hydrogen-bond donors (Lipinski definition) is 2. The smallest absolute Gasteiger partial charge is 0.259 e. The molecule has 28 heavy (non-hydrogen) atoms. The van der Waals surface area contributed by atoms with E-state index in [-0.39, 0.29) is 11.5 Å². The number of rotatable bonds is 5. The number of anilines is 1. The second-order valence-corrected chi connectivity index (χ2v) is 6.96. The molecule has 7 nitrogen and oxygen atoms in total. The van der Waals surface area contributed by atoms with Crippen LogP contribution in [-0.4, -0.2) is 42.8 Å². The fraction of sp³-hybridized carbons (Fsp3) is 0.286. The molecule has 1 unspecified atom stereocenters. The number of benzene rings is 2. The molecule has 0 spiro atoms. The number of hydrogen-bond acceptors (Lipinski definition) is 5. The van der Waals surface area contributed by atoms with Gasteiger partial charge in [-0.05, 0) is 61.8 Å². The molecule has 0 aromatic heterocycles. The summed E-state index contributed by atoms with van der Waals surface area (Å²) in [5.74, 6) is -0.341. The molecular formula is C21H21N3O4. The average molecular weight is 379 g/mol. The van der Waals surface area contributed by atoms with Gasteiger partial charge in [0, 0.05) is 5.69 Å². The summed E-state index contributed by atoms with van der Waals surface area (Å²) >= 11 is 0. The number of carbonyl (C=O) groups is 3. The van der Waals surface area contributed by atoms with E-state index < -0.39 is 17.9 Å². The largest absolute Gasteiger partial charge is 0.497 e. The predicted octanol–water partition coefficient (Wildman–Crippen LogP) is 2.35. The quantitative estimate of drug-likeness (QED) is 0.779. The first-order chi connectivity index (χ1) is 13.6. The van der Waals surface area contributed by atoms with E-state index >= 15 is 0 Å². The molecule has 3 amide bonds. The molecule has 2 aliphatic heterocycles. The summed E-state index contributed by atoms with van der Waals surface area (Å²) in [4.78, 5) is 38.9. The van der Waals surface area contributed by atoms with Gasteiger partial charge in [0.05, 0.1) is 18.2 Å². The van der Waals surface area contributed by atoms with Gasteiger partial charge >= 0.3 is 0 Å². The van der Waals surface area contributed by atoms with E-state index in [0.717, 1.165) is 31.5 Å². The summed E-state index contributed by atoms with van der Waals surface area (Å²) in [7, 11) is 1.60. The van der Waals surface area contributed by atoms with Crippen LogP contribution < -0.4 is 15.4 Å². The summed E-state index contributed by atoms with van der Waals surface area (Å²) in [6.45, 7) is 1.69. The van der Waals surface area contributed by atoms with Crippen LogP contribution in [-0.2, 0) is 4.79 Å². The highest BCUT2D eigenvalue weighted by Crippen LogP contribution is 2.29. The van der Waals surface area contributed by atoms with Gasteiger partial charge in [0.25, 0.3) is 11.8 Å². The minimum absolute atomic E-state index is 0.181. The molecule has 1 atom stereocenters. The van der Waals surface area contributed by atoms with Crippen molar-refractivity contribution in [3.63, 3.8) is 0 Å². The first-order valence-corrected chi connectivity index (χ1v) is 9.25. The van der Waals surface area contributed by atoms with Crippen LogP contribution in [0, 0.1) is 0 Å². The van der Waals surface area contributed by atoms with Gasteiger partial charge < -0.3 is 10.1 Å². The summed E-state index contributed by atoms with van der Waals surface area (Å²) in [5.41, 5.74) is 1.95. The van der Waals surface area contributed by atoms with Gasteiger partial charge in [0.1, 0.15) is 11.8 Å². The molecule has 0 bridgehead atoms. The van der Waals surface area contributed by atoms with E-state index in [1.807, 2.05) is 24.3 Å². The highest BCUT2D eigenvalue weighted by atomic mass is 16.5. The molecule has 0 saturated carbocycles. The molecule has 2 heterocycles. The number of nitrogens with zero attached hydrogens (tertiary/aromatic N) is 1. The lowest BCUT2D eigenvalue weighted by Gasteiger charge is -2.27. The maximum absolute atomic E-state index is 13.2. The zero-order valence-electron chi connectivity index (χ0n) is 15.5. The highest BCUT2D eigenvalue weighted by molar-refractivity contribution is 6.22. The van der Waals surface area contributed by atoms with Crippen molar-refractivity contribution in [1.29, 1.82) is 0 Å². The molecule has 4 rings (SSSR count). The van der Waals surface area contributed by atoms with Gasteiger partial charge in [-0.1, -0.05) is 12.1 Å². The van der Waals surface area contributed by atoms with E-state index in [2.05, 4.69) is 15.5 Å². The Labute approximate surface area is 162 Å². The molecule has 2 N–H and O–H groups in total. The second kappa shape index (κ2) is 7.44. The number of fused-ring (bicyclic) bond motifs is 1. The van der Waals surface area contributed by atoms with Crippen molar-refractivity contribution < 1.29 is 19.1 Å². The van der Waals surface area contributed by atoms with E-state index in [1.54, 1.807) is 25.3 Å². The minimum atomic E-state index is -0.457. The molecule has 2 aromatic carbocycles. The van der Waals surface area contributed by atoms with Crippen LogP contribution >= 0.6 is 0 Å². The minimum Gasteiger partial charge on any atom is -0.497 e.